The molecule has 1 aromatic carbocycles. The van der Waals surface area contributed by atoms with Crippen LogP contribution < -0.4 is 4.90 Å². The summed E-state index contributed by atoms with van der Waals surface area (Å²) in [6.45, 7) is 19.3. The zero-order valence-corrected chi connectivity index (χ0v) is 20.6. The van der Waals surface area contributed by atoms with Gasteiger partial charge in [-0.3, -0.25) is 0 Å². The maximum absolute atomic E-state index is 9.51. The number of ether oxygens (including phenoxy) is 1. The Labute approximate surface area is 198 Å². The van der Waals surface area contributed by atoms with Crippen molar-refractivity contribution in [3.63, 3.8) is 0 Å². The van der Waals surface area contributed by atoms with Crippen LogP contribution in [-0.2, 0) is 15.6 Å². The molecule has 1 unspecified atom stereocenters. The predicted octanol–water partition coefficient (Wildman–Crippen LogP) is 6.52. The maximum Gasteiger partial charge on any atom is 0.137 e. The summed E-state index contributed by atoms with van der Waals surface area (Å²) >= 11 is 0. The van der Waals surface area contributed by atoms with Gasteiger partial charge < -0.3 is 9.64 Å². The van der Waals surface area contributed by atoms with Crippen molar-refractivity contribution >= 4 is 11.8 Å². The Morgan fingerprint density at radius 3 is 2.42 bits per heavy atom. The molecule has 3 aliphatic rings. The molecule has 0 radical (unpaired) electrons. The topological polar surface area (TPSA) is 60.1 Å². The quantitative estimate of drug-likeness (QED) is 0.503. The molecule has 0 saturated heterocycles. The number of hydrogen-bond donors (Lipinski definition) is 0. The molecule has 0 bridgehead atoms. The van der Waals surface area contributed by atoms with E-state index >= 15 is 0 Å². The standard InChI is InChI=1S/C29H33N3O/c1-8-19-11-22-27-23(12-19)29(6,7)24(17-32(27)10-9-28(22,4)5)26-14-20(21(15-30)16-31)13-25(33-26)18(2)3/h8,11-14,18,24H,1,9-10,17H2,2-7H3. The molecule has 170 valence electrons. The van der Waals surface area contributed by atoms with Crippen LogP contribution in [-0.4, -0.2) is 13.1 Å². The molecular formula is C29H33N3O. The summed E-state index contributed by atoms with van der Waals surface area (Å²) in [6.07, 6.45) is 6.78. The maximum atomic E-state index is 9.51. The lowest BCUT2D eigenvalue weighted by Gasteiger charge is -2.52. The van der Waals surface area contributed by atoms with Crippen LogP contribution in [0.5, 0.6) is 0 Å². The molecule has 0 saturated carbocycles. The Morgan fingerprint density at radius 2 is 1.82 bits per heavy atom. The zero-order valence-electron chi connectivity index (χ0n) is 20.6. The SMILES string of the molecule is C=Cc1cc2c3c(c1)C(C)(C)C(C1=CC(=C(C#N)C#N)C=C(C(C)C)O1)CN3CCC2(C)C. The molecule has 0 aromatic heterocycles. The Morgan fingerprint density at radius 1 is 1.15 bits per heavy atom. The fourth-order valence-electron chi connectivity index (χ4n) is 5.35. The smallest absolute Gasteiger partial charge is 0.137 e. The van der Waals surface area contributed by atoms with Crippen LogP contribution in [0.4, 0.5) is 5.69 Å². The van der Waals surface area contributed by atoms with Gasteiger partial charge in [0.15, 0.2) is 0 Å². The Hall–Kier alpha value is -3.24. The normalized spacial score (nSPS) is 22.3. The van der Waals surface area contributed by atoms with Crippen LogP contribution in [0, 0.1) is 34.5 Å². The Bertz CT molecular complexity index is 1180. The van der Waals surface area contributed by atoms with Crippen molar-refractivity contribution in [1.82, 2.24) is 0 Å². The van der Waals surface area contributed by atoms with Gasteiger partial charge in [-0.2, -0.15) is 10.5 Å². The molecule has 33 heavy (non-hydrogen) atoms. The Balaban J connectivity index is 1.90. The summed E-state index contributed by atoms with van der Waals surface area (Å²) in [5, 5.41) is 19.0. The highest BCUT2D eigenvalue weighted by molar-refractivity contribution is 5.72. The molecule has 0 amide bonds. The average molecular weight is 440 g/mol. The molecule has 0 spiro atoms. The van der Waals surface area contributed by atoms with Crippen LogP contribution in [0.3, 0.4) is 0 Å². The van der Waals surface area contributed by atoms with Crippen molar-refractivity contribution in [2.45, 2.75) is 58.8 Å². The van der Waals surface area contributed by atoms with E-state index < -0.39 is 0 Å². The lowest BCUT2D eigenvalue weighted by molar-refractivity contribution is 0.178. The van der Waals surface area contributed by atoms with Crippen molar-refractivity contribution in [1.29, 1.82) is 10.5 Å². The van der Waals surface area contributed by atoms with Gasteiger partial charge in [-0.05, 0) is 52.8 Å². The summed E-state index contributed by atoms with van der Waals surface area (Å²) in [4.78, 5) is 2.51. The number of allylic oxidation sites excluding steroid dienone is 5. The first-order chi connectivity index (χ1) is 15.5. The number of nitrogens with zero attached hydrogens (tertiary/aromatic N) is 3. The van der Waals surface area contributed by atoms with Crippen molar-refractivity contribution in [3.05, 3.63) is 70.2 Å². The summed E-state index contributed by atoms with van der Waals surface area (Å²) in [7, 11) is 0. The second-order valence-electron chi connectivity index (χ2n) is 10.9. The van der Waals surface area contributed by atoms with Crippen LogP contribution in [0.15, 0.2) is 53.5 Å². The molecule has 0 N–H and O–H groups in total. The van der Waals surface area contributed by atoms with Gasteiger partial charge in [0.05, 0.1) is 0 Å². The van der Waals surface area contributed by atoms with E-state index in [1.54, 1.807) is 0 Å². The molecule has 4 rings (SSSR count). The van der Waals surface area contributed by atoms with Crippen LogP contribution in [0.25, 0.3) is 6.08 Å². The minimum atomic E-state index is -0.206. The molecule has 0 aliphatic carbocycles. The van der Waals surface area contributed by atoms with E-state index in [0.717, 1.165) is 36.6 Å². The van der Waals surface area contributed by atoms with Crippen molar-refractivity contribution in [3.8, 4) is 12.1 Å². The lowest BCUT2D eigenvalue weighted by atomic mass is 9.64. The van der Waals surface area contributed by atoms with Crippen molar-refractivity contribution < 1.29 is 4.74 Å². The van der Waals surface area contributed by atoms with Gasteiger partial charge in [0.2, 0.25) is 0 Å². The van der Waals surface area contributed by atoms with Crippen LogP contribution >= 0.6 is 0 Å². The molecule has 0 fully saturated rings. The molecule has 3 aliphatic heterocycles. The summed E-state index contributed by atoms with van der Waals surface area (Å²) < 4.78 is 6.47. The second kappa shape index (κ2) is 7.96. The molecule has 1 atom stereocenters. The summed E-state index contributed by atoms with van der Waals surface area (Å²) in [5.74, 6) is 1.86. The number of rotatable bonds is 3. The van der Waals surface area contributed by atoms with Gasteiger partial charge in [-0.15, -0.1) is 0 Å². The third-order valence-electron chi connectivity index (χ3n) is 7.64. The monoisotopic (exact) mass is 439 g/mol. The summed E-state index contributed by atoms with van der Waals surface area (Å²) in [6, 6.07) is 8.69. The second-order valence-corrected chi connectivity index (χ2v) is 10.9. The third-order valence-corrected chi connectivity index (χ3v) is 7.64. The van der Waals surface area contributed by atoms with E-state index in [9.17, 15) is 10.5 Å². The van der Waals surface area contributed by atoms with Gasteiger partial charge >= 0.3 is 0 Å². The van der Waals surface area contributed by atoms with E-state index in [1.807, 2.05) is 18.2 Å². The first-order valence-electron chi connectivity index (χ1n) is 11.8. The highest BCUT2D eigenvalue weighted by Crippen LogP contribution is 2.53. The first kappa shape index (κ1) is 22.9. The third kappa shape index (κ3) is 3.68. The van der Waals surface area contributed by atoms with E-state index in [0.29, 0.717) is 5.57 Å². The number of hydrogen-bond acceptors (Lipinski definition) is 4. The minimum Gasteiger partial charge on any atom is -0.465 e. The minimum absolute atomic E-state index is 0.0789. The summed E-state index contributed by atoms with van der Waals surface area (Å²) in [5.41, 5.74) is 5.89. The van der Waals surface area contributed by atoms with Gasteiger partial charge in [-0.1, -0.05) is 54.2 Å². The van der Waals surface area contributed by atoms with Gasteiger partial charge in [-0.25, -0.2) is 0 Å². The molecular weight excluding hydrogens is 406 g/mol. The van der Waals surface area contributed by atoms with Gasteiger partial charge in [0, 0.05) is 41.6 Å². The fourth-order valence-corrected chi connectivity index (χ4v) is 5.35. The van der Waals surface area contributed by atoms with Crippen molar-refractivity contribution in [2.75, 3.05) is 18.0 Å². The van der Waals surface area contributed by atoms with E-state index in [1.165, 1.54) is 16.8 Å². The van der Waals surface area contributed by atoms with Crippen LogP contribution in [0.2, 0.25) is 0 Å². The number of anilines is 1. The predicted molar refractivity (Wildman–Crippen MR) is 133 cm³/mol. The first-order valence-corrected chi connectivity index (χ1v) is 11.8. The fraction of sp³-hybridized carbons (Fsp3) is 0.448. The average Bonchev–Trinajstić information content (AvgIpc) is 2.78. The molecule has 3 heterocycles. The zero-order chi connectivity index (χ0) is 24.1. The van der Waals surface area contributed by atoms with E-state index in [4.69, 9.17) is 4.74 Å². The van der Waals surface area contributed by atoms with E-state index in [2.05, 4.69) is 77.3 Å². The van der Waals surface area contributed by atoms with Gasteiger partial charge in [0.1, 0.15) is 29.2 Å². The van der Waals surface area contributed by atoms with Crippen molar-refractivity contribution in [2.24, 2.45) is 11.8 Å². The molecule has 1 aromatic rings. The highest BCUT2D eigenvalue weighted by atomic mass is 16.5. The van der Waals surface area contributed by atoms with Gasteiger partial charge in [0.25, 0.3) is 0 Å². The number of benzene rings is 1. The highest BCUT2D eigenvalue weighted by Gasteiger charge is 2.47. The number of nitriles is 2. The molecule has 4 nitrogen and oxygen atoms in total. The Kier molecular flexibility index (Phi) is 5.53. The molecule has 4 heteroatoms. The lowest BCUT2D eigenvalue weighted by Crippen LogP contribution is -2.50. The largest absolute Gasteiger partial charge is 0.465 e. The van der Waals surface area contributed by atoms with E-state index in [-0.39, 0.29) is 28.2 Å². The van der Waals surface area contributed by atoms with Crippen LogP contribution in [0.1, 0.15) is 64.7 Å².